The van der Waals surface area contributed by atoms with Crippen LogP contribution in [0, 0.1) is 11.3 Å². The second kappa shape index (κ2) is 6.76. The first kappa shape index (κ1) is 17.3. The lowest BCUT2D eigenvalue weighted by Crippen LogP contribution is -2.41. The van der Waals surface area contributed by atoms with Gasteiger partial charge in [0.15, 0.2) is 0 Å². The molecule has 0 saturated carbocycles. The van der Waals surface area contributed by atoms with Crippen molar-refractivity contribution in [3.8, 4) is 6.07 Å². The molecule has 1 atom stereocenters. The number of rotatable bonds is 3. The maximum absolute atomic E-state index is 12.6. The molecule has 0 aliphatic carbocycles. The van der Waals surface area contributed by atoms with E-state index in [4.69, 9.17) is 5.73 Å². The topological polar surface area (TPSA) is 97.0 Å². The van der Waals surface area contributed by atoms with Gasteiger partial charge in [0, 0.05) is 39.0 Å². The predicted molar refractivity (Wildman–Crippen MR) is 98.9 cm³/mol. The molecule has 2 aromatic rings. The molecule has 132 valence electrons. The van der Waals surface area contributed by atoms with Crippen LogP contribution in [-0.4, -0.2) is 14.0 Å². The number of aromatic nitrogens is 2. The first-order valence-corrected chi connectivity index (χ1v) is 8.09. The molecule has 1 unspecified atom stereocenters. The van der Waals surface area contributed by atoms with Gasteiger partial charge in [-0.3, -0.25) is 13.9 Å². The van der Waals surface area contributed by atoms with Gasteiger partial charge in [-0.2, -0.15) is 5.26 Å². The van der Waals surface area contributed by atoms with Crippen molar-refractivity contribution in [2.75, 3.05) is 5.73 Å². The first-order chi connectivity index (χ1) is 12.4. The minimum Gasteiger partial charge on any atom is -0.385 e. The molecular weight excluding hydrogens is 330 g/mol. The highest BCUT2D eigenvalue weighted by Crippen LogP contribution is 2.30. The third kappa shape index (κ3) is 2.93. The van der Waals surface area contributed by atoms with Crippen molar-refractivity contribution in [3.63, 3.8) is 0 Å². The summed E-state index contributed by atoms with van der Waals surface area (Å²) in [5.74, 6) is -0.511. The molecule has 26 heavy (non-hydrogen) atoms. The van der Waals surface area contributed by atoms with Crippen molar-refractivity contribution < 1.29 is 0 Å². The van der Waals surface area contributed by atoms with Crippen molar-refractivity contribution in [1.82, 2.24) is 14.0 Å². The maximum Gasteiger partial charge on any atom is 0.332 e. The number of nitrogens with two attached hydrogens (primary N) is 1. The van der Waals surface area contributed by atoms with Crippen LogP contribution in [-0.2, 0) is 20.6 Å². The van der Waals surface area contributed by atoms with E-state index in [2.05, 4.69) is 6.07 Å². The van der Waals surface area contributed by atoms with Crippen LogP contribution in [0.25, 0.3) is 0 Å². The Labute approximate surface area is 150 Å². The number of benzene rings is 1. The summed E-state index contributed by atoms with van der Waals surface area (Å²) >= 11 is 0. The molecule has 1 aliphatic rings. The Balaban J connectivity index is 2.01. The number of hydrogen-bond donors (Lipinski definition) is 1. The van der Waals surface area contributed by atoms with E-state index in [0.29, 0.717) is 12.1 Å². The van der Waals surface area contributed by atoms with E-state index in [1.54, 1.807) is 12.3 Å². The molecule has 3 rings (SSSR count). The molecule has 2 N–H and O–H groups in total. The number of allylic oxidation sites excluding steroid dienone is 2. The Hall–Kier alpha value is -3.53. The molecule has 2 heterocycles. The summed E-state index contributed by atoms with van der Waals surface area (Å²) in [5.41, 5.74) is 6.77. The molecular formula is C19H19N5O2. The monoisotopic (exact) mass is 349 g/mol. The number of nitrogens with zero attached hydrogens (tertiary/aromatic N) is 4. The fourth-order valence-corrected chi connectivity index (χ4v) is 3.02. The second-order valence-electron chi connectivity index (χ2n) is 6.18. The Kier molecular flexibility index (Phi) is 4.50. The smallest absolute Gasteiger partial charge is 0.332 e. The summed E-state index contributed by atoms with van der Waals surface area (Å²) in [6.45, 7) is 0.607. The summed E-state index contributed by atoms with van der Waals surface area (Å²) in [5, 5.41) is 9.58. The normalized spacial score (nSPS) is 16.3. The van der Waals surface area contributed by atoms with Gasteiger partial charge in [-0.05, 0) is 5.56 Å². The van der Waals surface area contributed by atoms with Gasteiger partial charge in [0.1, 0.15) is 5.82 Å². The highest BCUT2D eigenvalue weighted by Gasteiger charge is 2.26. The number of hydrogen-bond acceptors (Lipinski definition) is 5. The van der Waals surface area contributed by atoms with Gasteiger partial charge in [-0.1, -0.05) is 36.4 Å². The summed E-state index contributed by atoms with van der Waals surface area (Å²) in [6.07, 6.45) is 5.29. The minimum absolute atomic E-state index is 0.0745. The zero-order valence-corrected chi connectivity index (χ0v) is 14.6. The minimum atomic E-state index is -0.586. The molecule has 1 aromatic carbocycles. The Morgan fingerprint density at radius 1 is 1.15 bits per heavy atom. The molecule has 7 heteroatoms. The van der Waals surface area contributed by atoms with Gasteiger partial charge < -0.3 is 10.6 Å². The van der Waals surface area contributed by atoms with Crippen molar-refractivity contribution in [3.05, 3.63) is 86.3 Å². The van der Waals surface area contributed by atoms with Gasteiger partial charge in [0.25, 0.3) is 5.56 Å². The van der Waals surface area contributed by atoms with Crippen LogP contribution in [0.5, 0.6) is 0 Å². The third-order valence-corrected chi connectivity index (χ3v) is 4.50. The van der Waals surface area contributed by atoms with Crippen LogP contribution in [0.4, 0.5) is 5.82 Å². The predicted octanol–water partition coefficient (Wildman–Crippen LogP) is 1.19. The zero-order valence-electron chi connectivity index (χ0n) is 14.6. The van der Waals surface area contributed by atoms with Crippen LogP contribution in [0.2, 0.25) is 0 Å². The number of nitrogen functional groups attached to an aromatic ring is 1. The highest BCUT2D eigenvalue weighted by atomic mass is 16.2. The molecule has 0 radical (unpaired) electrons. The lowest BCUT2D eigenvalue weighted by Gasteiger charge is -2.25. The standard InChI is InChI=1S/C19H19N5O2/c1-22-17(21)16(18(25)23(2)19(22)26)15-8-9-24(12-14(15)10-20)11-13-6-4-3-5-7-13/h3-9,12,15H,11,21H2,1-2H3. The van der Waals surface area contributed by atoms with Crippen LogP contribution in [0.1, 0.15) is 17.0 Å². The Bertz CT molecular complexity index is 1050. The molecule has 0 amide bonds. The fraction of sp³-hybridized carbons (Fsp3) is 0.211. The van der Waals surface area contributed by atoms with Gasteiger partial charge in [0.2, 0.25) is 0 Å². The molecule has 1 aromatic heterocycles. The molecule has 0 fully saturated rings. The van der Waals surface area contributed by atoms with Gasteiger partial charge in [-0.15, -0.1) is 0 Å². The average molecular weight is 349 g/mol. The van der Waals surface area contributed by atoms with Crippen LogP contribution < -0.4 is 17.0 Å². The van der Waals surface area contributed by atoms with E-state index in [-0.39, 0.29) is 11.4 Å². The lowest BCUT2D eigenvalue weighted by molar-refractivity contribution is 0.484. The van der Waals surface area contributed by atoms with E-state index in [0.717, 1.165) is 10.1 Å². The van der Waals surface area contributed by atoms with Crippen LogP contribution >= 0.6 is 0 Å². The van der Waals surface area contributed by atoms with Crippen molar-refractivity contribution in [2.45, 2.75) is 12.5 Å². The van der Waals surface area contributed by atoms with E-state index in [9.17, 15) is 14.9 Å². The van der Waals surface area contributed by atoms with E-state index in [1.165, 1.54) is 18.7 Å². The average Bonchev–Trinajstić information content (AvgIpc) is 2.66. The summed E-state index contributed by atoms with van der Waals surface area (Å²) in [6, 6.07) is 12.0. The summed E-state index contributed by atoms with van der Waals surface area (Å²) in [7, 11) is 2.90. The van der Waals surface area contributed by atoms with Crippen LogP contribution in [0.15, 0.2) is 64.0 Å². The lowest BCUT2D eigenvalue weighted by atomic mass is 9.91. The Morgan fingerprint density at radius 2 is 1.85 bits per heavy atom. The highest BCUT2D eigenvalue weighted by molar-refractivity contribution is 5.51. The van der Waals surface area contributed by atoms with Crippen molar-refractivity contribution in [1.29, 1.82) is 5.26 Å². The summed E-state index contributed by atoms with van der Waals surface area (Å²) < 4.78 is 2.22. The number of anilines is 1. The quantitative estimate of drug-likeness (QED) is 0.898. The second-order valence-corrected chi connectivity index (χ2v) is 6.18. The van der Waals surface area contributed by atoms with Gasteiger partial charge in [-0.25, -0.2) is 4.79 Å². The van der Waals surface area contributed by atoms with E-state index >= 15 is 0 Å². The summed E-state index contributed by atoms with van der Waals surface area (Å²) in [4.78, 5) is 26.5. The van der Waals surface area contributed by atoms with Crippen molar-refractivity contribution in [2.24, 2.45) is 14.1 Å². The zero-order chi connectivity index (χ0) is 18.8. The Morgan fingerprint density at radius 3 is 2.50 bits per heavy atom. The SMILES string of the molecule is Cn1c(N)c(C2C=CN(Cc3ccccc3)C=C2C#N)c(=O)n(C)c1=O. The molecule has 7 nitrogen and oxygen atoms in total. The molecule has 0 spiro atoms. The molecule has 1 aliphatic heterocycles. The third-order valence-electron chi connectivity index (χ3n) is 4.50. The fourth-order valence-electron chi connectivity index (χ4n) is 3.02. The molecule has 0 bridgehead atoms. The van der Waals surface area contributed by atoms with Gasteiger partial charge in [0.05, 0.1) is 17.2 Å². The number of nitriles is 1. The maximum atomic E-state index is 12.6. The van der Waals surface area contributed by atoms with Crippen LogP contribution in [0.3, 0.4) is 0 Å². The van der Waals surface area contributed by atoms with E-state index in [1.807, 2.05) is 41.4 Å². The largest absolute Gasteiger partial charge is 0.385 e. The van der Waals surface area contributed by atoms with Gasteiger partial charge >= 0.3 is 5.69 Å². The molecule has 0 saturated heterocycles. The first-order valence-electron chi connectivity index (χ1n) is 8.09. The van der Waals surface area contributed by atoms with E-state index < -0.39 is 17.2 Å². The van der Waals surface area contributed by atoms with Crippen molar-refractivity contribution >= 4 is 5.82 Å².